The number of benzene rings is 1. The van der Waals surface area contributed by atoms with Crippen molar-refractivity contribution in [2.24, 2.45) is 0 Å². The predicted octanol–water partition coefficient (Wildman–Crippen LogP) is 2.92. The molecule has 1 amide bonds. The van der Waals surface area contributed by atoms with Crippen LogP contribution in [0, 0.1) is 0 Å². The van der Waals surface area contributed by atoms with E-state index in [2.05, 4.69) is 15.7 Å². The number of hydrogen-bond donors (Lipinski definition) is 2. The second-order valence-electron chi connectivity index (χ2n) is 7.92. The number of hydrazine groups is 1. The summed E-state index contributed by atoms with van der Waals surface area (Å²) in [6.07, 6.45) is -4.02. The number of oxazole rings is 1. The fourth-order valence-electron chi connectivity index (χ4n) is 4.52. The zero-order valence-corrected chi connectivity index (χ0v) is 16.5. The Balaban J connectivity index is 1.55. The Morgan fingerprint density at radius 3 is 2.58 bits per heavy atom. The number of carbonyl (C=O) groups is 2. The third kappa shape index (κ3) is 3.13. The maximum atomic E-state index is 13.9. The summed E-state index contributed by atoms with van der Waals surface area (Å²) in [5.41, 5.74) is 3.36. The summed E-state index contributed by atoms with van der Waals surface area (Å²) in [5.74, 6) is -1.54. The van der Waals surface area contributed by atoms with Gasteiger partial charge in [-0.15, -0.1) is 0 Å². The van der Waals surface area contributed by atoms with E-state index in [0.717, 1.165) is 5.01 Å². The summed E-state index contributed by atoms with van der Waals surface area (Å²) in [6, 6.07) is 6.33. The Kier molecular flexibility index (Phi) is 4.44. The van der Waals surface area contributed by atoms with Gasteiger partial charge in [-0.3, -0.25) is 9.59 Å². The number of carbonyl (C=O) groups excluding carboxylic acids is 2. The van der Waals surface area contributed by atoms with Gasteiger partial charge in [0.1, 0.15) is 29.2 Å². The molecule has 1 aromatic heterocycles. The number of allylic oxidation sites excluding steroid dienone is 1. The normalized spacial score (nSPS) is 26.1. The van der Waals surface area contributed by atoms with E-state index in [1.807, 2.05) is 0 Å². The number of rotatable bonds is 2. The second-order valence-corrected chi connectivity index (χ2v) is 7.92. The molecule has 5 rings (SSSR count). The summed E-state index contributed by atoms with van der Waals surface area (Å²) < 4.78 is 47.3. The van der Waals surface area contributed by atoms with E-state index in [9.17, 15) is 22.8 Å². The lowest BCUT2D eigenvalue weighted by molar-refractivity contribution is -0.161. The number of aromatic nitrogens is 1. The van der Waals surface area contributed by atoms with Gasteiger partial charge in [0.2, 0.25) is 5.89 Å². The van der Waals surface area contributed by atoms with Crippen molar-refractivity contribution in [2.75, 3.05) is 0 Å². The highest BCUT2D eigenvalue weighted by Crippen LogP contribution is 2.42. The van der Waals surface area contributed by atoms with Crippen LogP contribution in [0.2, 0.25) is 0 Å². The molecule has 0 spiro atoms. The third-order valence-electron chi connectivity index (χ3n) is 5.95. The Hall–Kier alpha value is -3.14. The van der Waals surface area contributed by atoms with Gasteiger partial charge in [-0.05, 0) is 18.9 Å². The molecule has 1 fully saturated rings. The van der Waals surface area contributed by atoms with Crippen LogP contribution in [0.15, 0.2) is 40.4 Å². The summed E-state index contributed by atoms with van der Waals surface area (Å²) >= 11 is 0. The van der Waals surface area contributed by atoms with Crippen LogP contribution >= 0.6 is 0 Å². The van der Waals surface area contributed by atoms with Crippen LogP contribution in [-0.2, 0) is 11.2 Å². The summed E-state index contributed by atoms with van der Waals surface area (Å²) in [4.78, 5) is 29.6. The molecule has 2 N–H and O–H groups in total. The summed E-state index contributed by atoms with van der Waals surface area (Å²) in [7, 11) is 0. The fraction of sp³-hybridized carbons (Fsp3) is 0.381. The van der Waals surface area contributed by atoms with E-state index in [-0.39, 0.29) is 22.9 Å². The molecule has 1 aliphatic carbocycles. The van der Waals surface area contributed by atoms with Gasteiger partial charge in [-0.1, -0.05) is 30.3 Å². The number of hydrogen-bond acceptors (Lipinski definition) is 6. The van der Waals surface area contributed by atoms with Crippen molar-refractivity contribution >= 4 is 17.3 Å². The van der Waals surface area contributed by atoms with Crippen LogP contribution in [-0.4, -0.2) is 40.1 Å². The number of halogens is 3. The molecule has 3 heterocycles. The van der Waals surface area contributed by atoms with Crippen molar-refractivity contribution in [3.05, 3.63) is 58.9 Å². The molecule has 2 aromatic rings. The van der Waals surface area contributed by atoms with Crippen molar-refractivity contribution in [1.82, 2.24) is 20.7 Å². The number of aryl methyl sites for hydroxylation is 1. The molecule has 3 unspecified atom stereocenters. The van der Waals surface area contributed by atoms with Crippen LogP contribution in [0.25, 0.3) is 5.57 Å². The van der Waals surface area contributed by atoms with Crippen LogP contribution in [0.3, 0.4) is 0 Å². The molecule has 1 saturated heterocycles. The average molecular weight is 432 g/mol. The number of alkyl halides is 3. The number of fused-ring (bicyclic) bond motifs is 2. The zero-order valence-electron chi connectivity index (χ0n) is 16.5. The second kappa shape index (κ2) is 6.94. The molecule has 162 valence electrons. The number of amides is 1. The molecule has 10 heteroatoms. The van der Waals surface area contributed by atoms with E-state index < -0.39 is 30.2 Å². The van der Waals surface area contributed by atoms with Gasteiger partial charge in [0.25, 0.3) is 5.91 Å². The van der Waals surface area contributed by atoms with Crippen LogP contribution < -0.4 is 10.7 Å². The van der Waals surface area contributed by atoms with Gasteiger partial charge >= 0.3 is 6.18 Å². The molecule has 31 heavy (non-hydrogen) atoms. The topological polar surface area (TPSA) is 87.5 Å². The SMILES string of the molecule is CC1=C(c2nc3c(o2)CCCC3=O)C(=O)N2NC(C(F)(F)F)C(c3ccccc3)C2N1. The molecular formula is C21H19F3N4O3. The number of nitrogens with one attached hydrogen (secondary N) is 2. The first-order valence-corrected chi connectivity index (χ1v) is 9.98. The highest BCUT2D eigenvalue weighted by molar-refractivity contribution is 6.19. The lowest BCUT2D eigenvalue weighted by atomic mass is 9.89. The largest absolute Gasteiger partial charge is 0.440 e. The Labute approximate surface area is 175 Å². The monoisotopic (exact) mass is 432 g/mol. The van der Waals surface area contributed by atoms with Gasteiger partial charge < -0.3 is 9.73 Å². The van der Waals surface area contributed by atoms with E-state index in [1.165, 1.54) is 0 Å². The fourth-order valence-corrected chi connectivity index (χ4v) is 4.52. The Morgan fingerprint density at radius 1 is 1.16 bits per heavy atom. The predicted molar refractivity (Wildman–Crippen MR) is 102 cm³/mol. The van der Waals surface area contributed by atoms with Crippen molar-refractivity contribution in [3.63, 3.8) is 0 Å². The molecule has 0 radical (unpaired) electrons. The van der Waals surface area contributed by atoms with Crippen molar-refractivity contribution in [2.45, 2.75) is 50.5 Å². The quantitative estimate of drug-likeness (QED) is 0.759. The zero-order chi connectivity index (χ0) is 21.9. The van der Waals surface area contributed by atoms with E-state index in [4.69, 9.17) is 4.42 Å². The Morgan fingerprint density at radius 2 is 1.90 bits per heavy atom. The standard InChI is InChI=1S/C21H19F3N4O3/c1-10-14(19-26-16-12(29)8-5-9-13(16)31-19)20(30)28-18(25-10)15(11-6-3-2-4-7-11)17(27-28)21(22,23)24/h2-4,6-7,15,17-18,25,27H,5,8-9H2,1H3. The molecule has 1 aromatic carbocycles. The van der Waals surface area contributed by atoms with Crippen molar-refractivity contribution in [1.29, 1.82) is 0 Å². The maximum Gasteiger partial charge on any atom is 0.406 e. The average Bonchev–Trinajstić information content (AvgIpc) is 3.31. The molecule has 2 aliphatic heterocycles. The summed E-state index contributed by atoms with van der Waals surface area (Å²) in [5, 5.41) is 4.00. The van der Waals surface area contributed by atoms with Gasteiger partial charge in [-0.25, -0.2) is 15.4 Å². The van der Waals surface area contributed by atoms with Crippen molar-refractivity contribution in [3.8, 4) is 0 Å². The molecular weight excluding hydrogens is 413 g/mol. The van der Waals surface area contributed by atoms with Crippen molar-refractivity contribution < 1.29 is 27.2 Å². The number of Topliss-reactive ketones (excluding diaryl/α,β-unsaturated/α-hetero) is 1. The van der Waals surface area contributed by atoms with Gasteiger partial charge in [-0.2, -0.15) is 13.2 Å². The lowest BCUT2D eigenvalue weighted by Crippen LogP contribution is -2.54. The van der Waals surface area contributed by atoms with E-state index >= 15 is 0 Å². The highest BCUT2D eigenvalue weighted by atomic mass is 19.4. The van der Waals surface area contributed by atoms with Gasteiger partial charge in [0.15, 0.2) is 5.78 Å². The van der Waals surface area contributed by atoms with Gasteiger partial charge in [0.05, 0.1) is 5.92 Å². The third-order valence-corrected chi connectivity index (χ3v) is 5.95. The smallest absolute Gasteiger partial charge is 0.406 e. The first-order chi connectivity index (χ1) is 14.8. The lowest BCUT2D eigenvalue weighted by Gasteiger charge is -2.34. The minimum absolute atomic E-state index is 0.0144. The van der Waals surface area contributed by atoms with Crippen LogP contribution in [0.5, 0.6) is 0 Å². The first kappa shape index (κ1) is 19.8. The molecule has 3 aliphatic rings. The van der Waals surface area contributed by atoms with Crippen LogP contribution in [0.1, 0.15) is 53.4 Å². The number of nitrogens with zero attached hydrogens (tertiary/aromatic N) is 2. The maximum absolute atomic E-state index is 13.9. The molecule has 0 saturated carbocycles. The molecule has 7 nitrogen and oxygen atoms in total. The molecule has 3 atom stereocenters. The first-order valence-electron chi connectivity index (χ1n) is 9.98. The van der Waals surface area contributed by atoms with Gasteiger partial charge in [0, 0.05) is 18.5 Å². The van der Waals surface area contributed by atoms with E-state index in [1.54, 1.807) is 37.3 Å². The highest BCUT2D eigenvalue weighted by Gasteiger charge is 2.58. The summed E-state index contributed by atoms with van der Waals surface area (Å²) in [6.45, 7) is 1.60. The minimum Gasteiger partial charge on any atom is -0.440 e. The molecule has 0 bridgehead atoms. The minimum atomic E-state index is -4.58. The Bertz CT molecular complexity index is 1090. The number of ketones is 1. The van der Waals surface area contributed by atoms with Crippen LogP contribution in [0.4, 0.5) is 13.2 Å². The van der Waals surface area contributed by atoms with E-state index in [0.29, 0.717) is 36.3 Å².